The van der Waals surface area contributed by atoms with E-state index < -0.39 is 0 Å². The molecule has 2 bridgehead atoms. The average Bonchev–Trinajstić information content (AvgIpc) is 2.63. The number of fused-ring (bicyclic) bond motifs is 4. The summed E-state index contributed by atoms with van der Waals surface area (Å²) in [6.07, 6.45) is 1.01. The number of aromatic nitrogens is 1. The Kier molecular flexibility index (Phi) is 4.11. The Labute approximate surface area is 151 Å². The van der Waals surface area contributed by atoms with Gasteiger partial charge in [-0.1, -0.05) is 6.07 Å². The van der Waals surface area contributed by atoms with Gasteiger partial charge in [0.1, 0.15) is 0 Å². The average molecular weight is 351 g/mol. The maximum absolute atomic E-state index is 12.7. The Hall–Kier alpha value is -2.89. The van der Waals surface area contributed by atoms with Crippen LogP contribution in [0.25, 0.3) is 0 Å². The first-order valence-corrected chi connectivity index (χ1v) is 8.88. The molecule has 4 rings (SSSR count). The molecule has 1 fully saturated rings. The summed E-state index contributed by atoms with van der Waals surface area (Å²) in [4.78, 5) is 37.9. The molecule has 1 aromatic carbocycles. The fourth-order valence-electron chi connectivity index (χ4n) is 4.05. The minimum absolute atomic E-state index is 0.000593. The van der Waals surface area contributed by atoms with E-state index in [2.05, 4.69) is 5.32 Å². The molecule has 2 aliphatic heterocycles. The normalized spacial score (nSPS) is 21.0. The number of hydrogen-bond donors (Lipinski definition) is 1. The standard InChI is InChI=1S/C20H21N3O3/c1-13(24)15-5-7-17(8-6-15)21-20(26)22-10-14-9-16(12-22)18-3-2-4-19(25)23(18)11-14/h2-8,14,16H,9-12H2,1H3,(H,21,26). The van der Waals surface area contributed by atoms with Gasteiger partial charge in [-0.15, -0.1) is 0 Å². The van der Waals surface area contributed by atoms with E-state index in [0.29, 0.717) is 36.8 Å². The number of pyridine rings is 1. The Morgan fingerprint density at radius 2 is 1.81 bits per heavy atom. The lowest BCUT2D eigenvalue weighted by Gasteiger charge is -2.42. The van der Waals surface area contributed by atoms with E-state index in [1.807, 2.05) is 15.5 Å². The zero-order valence-electron chi connectivity index (χ0n) is 14.6. The highest BCUT2D eigenvalue weighted by Gasteiger charge is 2.36. The minimum Gasteiger partial charge on any atom is -0.324 e. The van der Waals surface area contributed by atoms with Crippen molar-refractivity contribution in [2.75, 3.05) is 18.4 Å². The molecule has 2 unspecified atom stereocenters. The molecule has 2 atom stereocenters. The van der Waals surface area contributed by atoms with Crippen LogP contribution in [-0.2, 0) is 6.54 Å². The largest absolute Gasteiger partial charge is 0.324 e. The molecular weight excluding hydrogens is 330 g/mol. The predicted octanol–water partition coefficient (Wildman–Crippen LogP) is 2.70. The minimum atomic E-state index is -0.137. The van der Waals surface area contributed by atoms with E-state index in [1.54, 1.807) is 36.4 Å². The molecular formula is C20H21N3O3. The molecule has 1 N–H and O–H groups in total. The molecule has 1 saturated heterocycles. The van der Waals surface area contributed by atoms with Gasteiger partial charge in [-0.2, -0.15) is 0 Å². The van der Waals surface area contributed by atoms with Crippen molar-refractivity contribution < 1.29 is 9.59 Å². The third-order valence-electron chi connectivity index (χ3n) is 5.31. The SMILES string of the molecule is CC(=O)c1ccc(NC(=O)N2CC3CC(C2)c2cccc(=O)n2C3)cc1. The van der Waals surface area contributed by atoms with Crippen LogP contribution in [0.2, 0.25) is 0 Å². The highest BCUT2D eigenvalue weighted by atomic mass is 16.2. The lowest BCUT2D eigenvalue weighted by atomic mass is 9.83. The van der Waals surface area contributed by atoms with Gasteiger partial charge in [-0.25, -0.2) is 4.79 Å². The molecule has 2 aliphatic rings. The topological polar surface area (TPSA) is 71.4 Å². The van der Waals surface area contributed by atoms with Crippen LogP contribution in [0.5, 0.6) is 0 Å². The smallest absolute Gasteiger partial charge is 0.321 e. The number of nitrogens with zero attached hydrogens (tertiary/aromatic N) is 2. The summed E-state index contributed by atoms with van der Waals surface area (Å²) in [7, 11) is 0. The number of likely N-dealkylation sites (tertiary alicyclic amines) is 1. The van der Waals surface area contributed by atoms with Gasteiger partial charge in [-0.05, 0) is 49.6 Å². The lowest BCUT2D eigenvalue weighted by molar-refractivity contribution is 0.101. The van der Waals surface area contributed by atoms with Gasteiger partial charge >= 0.3 is 6.03 Å². The second kappa shape index (κ2) is 6.44. The van der Waals surface area contributed by atoms with Gasteiger partial charge < -0.3 is 14.8 Å². The molecule has 6 nitrogen and oxygen atoms in total. The van der Waals surface area contributed by atoms with Crippen molar-refractivity contribution >= 4 is 17.5 Å². The van der Waals surface area contributed by atoms with Crippen LogP contribution in [0.4, 0.5) is 10.5 Å². The Balaban J connectivity index is 1.49. The maximum atomic E-state index is 12.7. The number of hydrogen-bond acceptors (Lipinski definition) is 3. The van der Waals surface area contributed by atoms with Gasteiger partial charge in [0, 0.05) is 48.6 Å². The molecule has 2 aromatic rings. The summed E-state index contributed by atoms with van der Waals surface area (Å²) in [6, 6.07) is 12.2. The second-order valence-electron chi connectivity index (χ2n) is 7.17. The van der Waals surface area contributed by atoms with Crippen molar-refractivity contribution in [3.63, 3.8) is 0 Å². The summed E-state index contributed by atoms with van der Waals surface area (Å²) in [6.45, 7) is 3.44. The number of ketones is 1. The van der Waals surface area contributed by atoms with Gasteiger partial charge in [-0.3, -0.25) is 9.59 Å². The number of amides is 2. The summed E-state index contributed by atoms with van der Waals surface area (Å²) in [5.74, 6) is 0.495. The highest BCUT2D eigenvalue weighted by Crippen LogP contribution is 2.35. The summed E-state index contributed by atoms with van der Waals surface area (Å²) < 4.78 is 1.86. The van der Waals surface area contributed by atoms with Crippen molar-refractivity contribution in [2.45, 2.75) is 25.8 Å². The zero-order valence-corrected chi connectivity index (χ0v) is 14.6. The van der Waals surface area contributed by atoms with Crippen molar-refractivity contribution in [1.82, 2.24) is 9.47 Å². The van der Waals surface area contributed by atoms with Crippen LogP contribution in [0.3, 0.4) is 0 Å². The van der Waals surface area contributed by atoms with Crippen LogP contribution in [0, 0.1) is 5.92 Å². The summed E-state index contributed by atoms with van der Waals surface area (Å²) >= 11 is 0. The Morgan fingerprint density at radius 1 is 1.04 bits per heavy atom. The van der Waals surface area contributed by atoms with Gasteiger partial charge in [0.05, 0.1) is 0 Å². The molecule has 26 heavy (non-hydrogen) atoms. The van der Waals surface area contributed by atoms with Gasteiger partial charge in [0.25, 0.3) is 5.56 Å². The number of nitrogens with one attached hydrogen (secondary N) is 1. The quantitative estimate of drug-likeness (QED) is 0.846. The molecule has 0 aliphatic carbocycles. The van der Waals surface area contributed by atoms with Crippen LogP contribution in [-0.4, -0.2) is 34.4 Å². The number of Topliss-reactive ketones (excluding diaryl/α,β-unsaturated/α-hetero) is 1. The Bertz CT molecular complexity index is 917. The fraction of sp³-hybridized carbons (Fsp3) is 0.350. The van der Waals surface area contributed by atoms with E-state index in [0.717, 1.165) is 12.1 Å². The van der Waals surface area contributed by atoms with E-state index in [-0.39, 0.29) is 23.3 Å². The monoisotopic (exact) mass is 351 g/mol. The number of rotatable bonds is 2. The molecule has 6 heteroatoms. The fourth-order valence-corrected chi connectivity index (χ4v) is 4.05. The number of benzene rings is 1. The van der Waals surface area contributed by atoms with Crippen molar-refractivity contribution in [1.29, 1.82) is 0 Å². The van der Waals surface area contributed by atoms with E-state index in [4.69, 9.17) is 0 Å². The number of anilines is 1. The third kappa shape index (κ3) is 3.03. The zero-order chi connectivity index (χ0) is 18.3. The molecule has 3 heterocycles. The number of carbonyl (C=O) groups excluding carboxylic acids is 2. The summed E-state index contributed by atoms with van der Waals surface area (Å²) in [5, 5.41) is 2.91. The molecule has 0 spiro atoms. The molecule has 1 aromatic heterocycles. The third-order valence-corrected chi connectivity index (χ3v) is 5.31. The van der Waals surface area contributed by atoms with E-state index >= 15 is 0 Å². The van der Waals surface area contributed by atoms with Crippen LogP contribution in [0.1, 0.15) is 35.3 Å². The van der Waals surface area contributed by atoms with Crippen LogP contribution >= 0.6 is 0 Å². The van der Waals surface area contributed by atoms with Crippen molar-refractivity contribution in [2.24, 2.45) is 5.92 Å². The first-order chi connectivity index (χ1) is 12.5. The predicted molar refractivity (Wildman–Crippen MR) is 98.6 cm³/mol. The first-order valence-electron chi connectivity index (χ1n) is 8.88. The molecule has 0 saturated carbocycles. The molecule has 2 amide bonds. The maximum Gasteiger partial charge on any atom is 0.321 e. The molecule has 0 radical (unpaired) electrons. The first kappa shape index (κ1) is 16.6. The number of urea groups is 1. The molecule has 134 valence electrons. The van der Waals surface area contributed by atoms with Crippen molar-refractivity contribution in [3.05, 3.63) is 64.1 Å². The Morgan fingerprint density at radius 3 is 2.54 bits per heavy atom. The highest BCUT2D eigenvalue weighted by molar-refractivity contribution is 5.95. The lowest BCUT2D eigenvalue weighted by Crippen LogP contribution is -2.50. The summed E-state index contributed by atoms with van der Waals surface area (Å²) in [5.41, 5.74) is 2.36. The van der Waals surface area contributed by atoms with Crippen LogP contribution in [0.15, 0.2) is 47.3 Å². The second-order valence-corrected chi connectivity index (χ2v) is 7.17. The number of piperidine rings is 1. The van der Waals surface area contributed by atoms with Crippen LogP contribution < -0.4 is 10.9 Å². The van der Waals surface area contributed by atoms with Gasteiger partial charge in [0.2, 0.25) is 0 Å². The van der Waals surface area contributed by atoms with E-state index in [1.165, 1.54) is 6.92 Å². The van der Waals surface area contributed by atoms with Crippen molar-refractivity contribution in [3.8, 4) is 0 Å². The van der Waals surface area contributed by atoms with Gasteiger partial charge in [0.15, 0.2) is 5.78 Å². The van der Waals surface area contributed by atoms with E-state index in [9.17, 15) is 14.4 Å². The number of carbonyl (C=O) groups is 2.